The van der Waals surface area contributed by atoms with Gasteiger partial charge in [0.2, 0.25) is 0 Å². The van der Waals surface area contributed by atoms with Crippen molar-refractivity contribution in [1.29, 1.82) is 0 Å². The monoisotopic (exact) mass is 539 g/mol. The summed E-state index contributed by atoms with van der Waals surface area (Å²) in [6.07, 6.45) is 17.0. The van der Waals surface area contributed by atoms with Gasteiger partial charge in [-0.2, -0.15) is 0 Å². The highest BCUT2D eigenvalue weighted by Gasteiger charge is 2.16. The van der Waals surface area contributed by atoms with Gasteiger partial charge in [0.25, 0.3) is 0 Å². The van der Waals surface area contributed by atoms with E-state index in [2.05, 4.69) is 127 Å². The van der Waals surface area contributed by atoms with Crippen molar-refractivity contribution in [2.24, 2.45) is 0 Å². The van der Waals surface area contributed by atoms with Crippen molar-refractivity contribution in [3.05, 3.63) is 139 Å². The lowest BCUT2D eigenvalue weighted by Crippen LogP contribution is -2.06. The van der Waals surface area contributed by atoms with E-state index in [1.807, 2.05) is 0 Å². The number of benzene rings is 5. The molecule has 0 radical (unpaired) electrons. The summed E-state index contributed by atoms with van der Waals surface area (Å²) in [5.74, 6) is 2.24. The highest BCUT2D eigenvalue weighted by Crippen LogP contribution is 2.38. The lowest BCUT2D eigenvalue weighted by molar-refractivity contribution is 0.952. The first-order chi connectivity index (χ1) is 20.8. The molecule has 0 spiro atoms. The van der Waals surface area contributed by atoms with E-state index >= 15 is 0 Å². The van der Waals surface area contributed by atoms with Crippen LogP contribution in [0.2, 0.25) is 0 Å². The molecule has 0 aliphatic heterocycles. The maximum absolute atomic E-state index is 4.97. The third-order valence-electron chi connectivity index (χ3n) is 8.39. The molecule has 2 aliphatic rings. The van der Waals surface area contributed by atoms with Crippen LogP contribution in [0.25, 0.3) is 66.0 Å². The maximum atomic E-state index is 4.97. The summed E-state index contributed by atoms with van der Waals surface area (Å²) in [6.45, 7) is 0. The predicted molar refractivity (Wildman–Crippen MR) is 176 cm³/mol. The minimum atomic E-state index is 0.715. The minimum absolute atomic E-state index is 0.715. The van der Waals surface area contributed by atoms with E-state index in [9.17, 15) is 0 Å². The molecule has 3 nitrogen and oxygen atoms in total. The van der Waals surface area contributed by atoms with Crippen molar-refractivity contribution >= 4 is 43.5 Å². The molecule has 1 heterocycles. The number of nitrogens with zero attached hydrogens (tertiary/aromatic N) is 3. The average Bonchev–Trinajstić information content (AvgIpc) is 3.08. The SMILES string of the molecule is C1=CCCC(c2nc(C3=CCCC=C3)nc(-c3ccc(-c4cc5ccc6ccccc6c5c5ccccc45)cc3)n2)=C1. The Morgan fingerprint density at radius 1 is 0.548 bits per heavy atom. The van der Waals surface area contributed by atoms with Crippen LogP contribution in [0, 0.1) is 0 Å². The van der Waals surface area contributed by atoms with Gasteiger partial charge in [-0.25, -0.2) is 15.0 Å². The van der Waals surface area contributed by atoms with E-state index in [1.165, 1.54) is 43.4 Å². The van der Waals surface area contributed by atoms with Gasteiger partial charge in [0, 0.05) is 11.1 Å². The third-order valence-corrected chi connectivity index (χ3v) is 8.39. The topological polar surface area (TPSA) is 38.7 Å². The van der Waals surface area contributed by atoms with Crippen LogP contribution in [0.3, 0.4) is 0 Å². The Labute approximate surface area is 245 Å². The van der Waals surface area contributed by atoms with Crippen LogP contribution in [0.15, 0.2) is 127 Å². The molecule has 0 N–H and O–H groups in total. The second kappa shape index (κ2) is 10.4. The second-order valence-corrected chi connectivity index (χ2v) is 11.0. The maximum Gasteiger partial charge on any atom is 0.164 e. The first-order valence-corrected chi connectivity index (χ1v) is 14.8. The molecule has 0 saturated heterocycles. The molecule has 200 valence electrons. The van der Waals surface area contributed by atoms with E-state index in [4.69, 9.17) is 15.0 Å². The Balaban J connectivity index is 1.25. The summed E-state index contributed by atoms with van der Waals surface area (Å²) >= 11 is 0. The molecule has 0 atom stereocenters. The van der Waals surface area contributed by atoms with E-state index < -0.39 is 0 Å². The smallest absolute Gasteiger partial charge is 0.164 e. The largest absolute Gasteiger partial charge is 0.209 e. The first kappa shape index (κ1) is 24.6. The number of allylic oxidation sites excluding steroid dienone is 8. The molecule has 0 amide bonds. The van der Waals surface area contributed by atoms with Crippen LogP contribution < -0.4 is 0 Å². The fourth-order valence-electron chi connectivity index (χ4n) is 6.26. The number of hydrogen-bond donors (Lipinski definition) is 0. The van der Waals surface area contributed by atoms with Gasteiger partial charge in [-0.3, -0.25) is 0 Å². The Morgan fingerprint density at radius 3 is 2.10 bits per heavy atom. The van der Waals surface area contributed by atoms with Gasteiger partial charge >= 0.3 is 0 Å². The number of aromatic nitrogens is 3. The number of rotatable bonds is 4. The quantitative estimate of drug-likeness (QED) is 0.209. The lowest BCUT2D eigenvalue weighted by Gasteiger charge is -2.14. The molecule has 0 bridgehead atoms. The predicted octanol–water partition coefficient (Wildman–Crippen LogP) is 10.1. The normalized spacial score (nSPS) is 14.9. The molecule has 3 heteroatoms. The second-order valence-electron chi connectivity index (χ2n) is 11.0. The number of fused-ring (bicyclic) bond motifs is 5. The van der Waals surface area contributed by atoms with Crippen molar-refractivity contribution < 1.29 is 0 Å². The summed E-state index contributed by atoms with van der Waals surface area (Å²) in [6, 6.07) is 32.9. The fraction of sp³-hybridized carbons (Fsp3) is 0.103. The third kappa shape index (κ3) is 4.35. The Hall–Kier alpha value is -5.15. The molecule has 42 heavy (non-hydrogen) atoms. The van der Waals surface area contributed by atoms with Crippen molar-refractivity contribution in [3.8, 4) is 22.5 Å². The summed E-state index contributed by atoms with van der Waals surface area (Å²) in [7, 11) is 0. The molecule has 0 unspecified atom stereocenters. The van der Waals surface area contributed by atoms with Crippen LogP contribution in [0.4, 0.5) is 0 Å². The van der Waals surface area contributed by atoms with Gasteiger partial charge in [0.15, 0.2) is 17.5 Å². The zero-order valence-electron chi connectivity index (χ0n) is 23.3. The van der Waals surface area contributed by atoms with Gasteiger partial charge in [0.1, 0.15) is 0 Å². The van der Waals surface area contributed by atoms with Crippen molar-refractivity contribution in [2.45, 2.75) is 25.7 Å². The minimum Gasteiger partial charge on any atom is -0.209 e. The Kier molecular flexibility index (Phi) is 6.07. The standard InChI is InChI=1S/C39H29N3/c1-3-12-28(13-4-1)37-40-38(29-14-5-2-6-15-29)42-39(41-37)30-22-19-27(20-23-30)35-25-31-24-21-26-11-7-8-16-32(26)36(31)34-18-10-9-17-33(34)35/h1,3,5,7-12,14-25H,2,4,6,13H2. The van der Waals surface area contributed by atoms with Gasteiger partial charge in [-0.05, 0) is 80.8 Å². The fourth-order valence-corrected chi connectivity index (χ4v) is 6.26. The van der Waals surface area contributed by atoms with Gasteiger partial charge in [0.05, 0.1) is 0 Å². The van der Waals surface area contributed by atoms with Crippen LogP contribution in [0.5, 0.6) is 0 Å². The molecular formula is C39H29N3. The average molecular weight is 540 g/mol. The van der Waals surface area contributed by atoms with Gasteiger partial charge in [-0.15, -0.1) is 0 Å². The van der Waals surface area contributed by atoms with E-state index in [0.29, 0.717) is 5.82 Å². The van der Waals surface area contributed by atoms with Crippen LogP contribution >= 0.6 is 0 Å². The summed E-state index contributed by atoms with van der Waals surface area (Å²) in [4.78, 5) is 14.8. The molecular weight excluding hydrogens is 510 g/mol. The highest BCUT2D eigenvalue weighted by molar-refractivity contribution is 6.23. The lowest BCUT2D eigenvalue weighted by atomic mass is 9.90. The molecule has 1 aromatic heterocycles. The highest BCUT2D eigenvalue weighted by atomic mass is 15.0. The van der Waals surface area contributed by atoms with Crippen molar-refractivity contribution in [2.75, 3.05) is 0 Å². The molecule has 8 rings (SSSR count). The van der Waals surface area contributed by atoms with Gasteiger partial charge < -0.3 is 0 Å². The van der Waals surface area contributed by atoms with Crippen molar-refractivity contribution in [1.82, 2.24) is 15.0 Å². The van der Waals surface area contributed by atoms with E-state index in [-0.39, 0.29) is 0 Å². The first-order valence-electron chi connectivity index (χ1n) is 14.8. The summed E-state index contributed by atoms with van der Waals surface area (Å²) in [5, 5.41) is 7.66. The zero-order chi connectivity index (χ0) is 27.9. The van der Waals surface area contributed by atoms with E-state index in [1.54, 1.807) is 0 Å². The molecule has 0 fully saturated rings. The van der Waals surface area contributed by atoms with Crippen LogP contribution in [0.1, 0.15) is 37.3 Å². The molecule has 5 aromatic carbocycles. The van der Waals surface area contributed by atoms with E-state index in [0.717, 1.165) is 54.0 Å². The van der Waals surface area contributed by atoms with Gasteiger partial charge in [-0.1, -0.05) is 121 Å². The summed E-state index contributed by atoms with van der Waals surface area (Å²) < 4.78 is 0. The molecule has 0 saturated carbocycles. The Bertz CT molecular complexity index is 2130. The number of hydrogen-bond acceptors (Lipinski definition) is 3. The Morgan fingerprint density at radius 2 is 1.29 bits per heavy atom. The molecule has 6 aromatic rings. The van der Waals surface area contributed by atoms with Crippen molar-refractivity contribution in [3.63, 3.8) is 0 Å². The van der Waals surface area contributed by atoms with Crippen LogP contribution in [-0.2, 0) is 0 Å². The van der Waals surface area contributed by atoms with Crippen LogP contribution in [-0.4, -0.2) is 15.0 Å². The zero-order valence-corrected chi connectivity index (χ0v) is 23.3. The summed E-state index contributed by atoms with van der Waals surface area (Å²) in [5.41, 5.74) is 5.64. The molecule has 2 aliphatic carbocycles.